The Hall–Kier alpha value is -4.90. The van der Waals surface area contributed by atoms with Crippen LogP contribution in [0.25, 0.3) is 33.5 Å². The van der Waals surface area contributed by atoms with Crippen LogP contribution in [0.1, 0.15) is 11.1 Å². The number of amides is 1. The largest absolute Gasteiger partial charge is 0.445 e. The Morgan fingerprint density at radius 2 is 1.81 bits per heavy atom. The summed E-state index contributed by atoms with van der Waals surface area (Å²) in [5.41, 5.74) is 4.07. The molecule has 8 nitrogen and oxygen atoms in total. The lowest BCUT2D eigenvalue weighted by atomic mass is 9.89. The van der Waals surface area contributed by atoms with Gasteiger partial charge in [-0.1, -0.05) is 36.4 Å². The number of fused-ring (bicyclic) bond motifs is 1. The minimum Gasteiger partial charge on any atom is -0.445 e. The van der Waals surface area contributed by atoms with E-state index in [1.54, 1.807) is 19.3 Å². The highest BCUT2D eigenvalue weighted by Gasteiger charge is 2.37. The average Bonchev–Trinajstić information content (AvgIpc) is 3.39. The molecule has 3 N–H and O–H groups in total. The number of nitrogens with one attached hydrogen (secondary N) is 2. The van der Waals surface area contributed by atoms with Gasteiger partial charge >= 0.3 is 6.09 Å². The number of hydrogen-bond donors (Lipinski definition) is 3. The topological polar surface area (TPSA) is 103 Å². The van der Waals surface area contributed by atoms with Crippen molar-refractivity contribution in [3.05, 3.63) is 102 Å². The van der Waals surface area contributed by atoms with Crippen molar-refractivity contribution in [2.45, 2.75) is 19.6 Å². The standard InChI is InChI=1S/C32H28F3N5O3/c1-18-7-20(9-22(33)8-18)24-12-36-13-25(31-37-27-11-23(34)10-26(35)29(27)39-31)30(24)40-14-21(15-40)28(16-41)38-32(42)43-17-19-5-3-2-4-6-19/h2-13,21,28,41H,14-17H2,1H3,(H,37,39)(H,38,42). The number of rotatable bonds is 8. The molecule has 2 aromatic heterocycles. The zero-order chi connectivity index (χ0) is 30.1. The smallest absolute Gasteiger partial charge is 0.407 e. The number of alkyl carbamates (subject to hydrolysis) is 1. The van der Waals surface area contributed by atoms with Gasteiger partial charge in [0.05, 0.1) is 29.4 Å². The highest BCUT2D eigenvalue weighted by Crippen LogP contribution is 2.42. The summed E-state index contributed by atoms with van der Waals surface area (Å²) in [6.07, 6.45) is 2.54. The molecule has 0 radical (unpaired) electrons. The van der Waals surface area contributed by atoms with Gasteiger partial charge in [0, 0.05) is 43.0 Å². The molecular weight excluding hydrogens is 559 g/mol. The Morgan fingerprint density at radius 1 is 1.07 bits per heavy atom. The molecule has 0 bridgehead atoms. The summed E-state index contributed by atoms with van der Waals surface area (Å²) in [4.78, 5) is 26.3. The van der Waals surface area contributed by atoms with Gasteiger partial charge in [0.15, 0.2) is 5.82 Å². The van der Waals surface area contributed by atoms with Crippen LogP contribution in [0.4, 0.5) is 23.7 Å². The molecule has 6 rings (SSSR count). The maximum absolute atomic E-state index is 14.5. The SMILES string of the molecule is Cc1cc(F)cc(-c2cncc(-c3nc4c(F)cc(F)cc4[nH]3)c2N2CC(C(CO)NC(=O)OCc3ccccc3)C2)c1. The molecule has 1 fully saturated rings. The van der Waals surface area contributed by atoms with Crippen molar-refractivity contribution in [2.75, 3.05) is 24.6 Å². The van der Waals surface area contributed by atoms with Gasteiger partial charge in [-0.3, -0.25) is 4.98 Å². The number of hydrogen-bond acceptors (Lipinski definition) is 6. The van der Waals surface area contributed by atoms with Crippen LogP contribution in [-0.2, 0) is 11.3 Å². The van der Waals surface area contributed by atoms with E-state index < -0.39 is 29.6 Å². The van der Waals surface area contributed by atoms with Crippen LogP contribution in [0.15, 0.2) is 73.1 Å². The van der Waals surface area contributed by atoms with Gasteiger partial charge in [0.25, 0.3) is 0 Å². The second-order valence-corrected chi connectivity index (χ2v) is 10.6. The molecule has 11 heteroatoms. The summed E-state index contributed by atoms with van der Waals surface area (Å²) in [6, 6.07) is 15.3. The number of aryl methyl sites for hydroxylation is 1. The normalized spacial score (nSPS) is 14.0. The molecule has 1 saturated heterocycles. The first-order valence-corrected chi connectivity index (χ1v) is 13.7. The van der Waals surface area contributed by atoms with Gasteiger partial charge in [0.2, 0.25) is 0 Å². The lowest BCUT2D eigenvalue weighted by Gasteiger charge is -2.45. The van der Waals surface area contributed by atoms with Crippen molar-refractivity contribution in [2.24, 2.45) is 5.92 Å². The predicted octanol–water partition coefficient (Wildman–Crippen LogP) is 5.74. The molecule has 1 unspecified atom stereocenters. The summed E-state index contributed by atoms with van der Waals surface area (Å²) in [5, 5.41) is 12.8. The zero-order valence-electron chi connectivity index (χ0n) is 23.2. The van der Waals surface area contributed by atoms with Crippen LogP contribution < -0.4 is 10.2 Å². The van der Waals surface area contributed by atoms with Crippen LogP contribution in [0, 0.1) is 30.3 Å². The van der Waals surface area contributed by atoms with Crippen LogP contribution in [0.2, 0.25) is 0 Å². The summed E-state index contributed by atoms with van der Waals surface area (Å²) in [7, 11) is 0. The molecule has 0 aliphatic carbocycles. The molecule has 5 aromatic rings. The molecule has 1 atom stereocenters. The maximum Gasteiger partial charge on any atom is 0.407 e. The Kier molecular flexibility index (Phi) is 7.73. The van der Waals surface area contributed by atoms with Crippen LogP contribution in [0.3, 0.4) is 0 Å². The van der Waals surface area contributed by atoms with Crippen molar-refractivity contribution in [1.82, 2.24) is 20.3 Å². The number of aromatic amines is 1. The number of aromatic nitrogens is 3. The van der Waals surface area contributed by atoms with Crippen molar-refractivity contribution >= 4 is 22.8 Å². The van der Waals surface area contributed by atoms with Gasteiger partial charge in [-0.05, 0) is 41.8 Å². The van der Waals surface area contributed by atoms with Gasteiger partial charge in [-0.15, -0.1) is 0 Å². The number of carbonyl (C=O) groups excluding carboxylic acids is 1. The average molecular weight is 588 g/mol. The number of nitrogens with zero attached hydrogens (tertiary/aromatic N) is 3. The quantitative estimate of drug-likeness (QED) is 0.214. The van der Waals surface area contributed by atoms with E-state index >= 15 is 0 Å². The molecular formula is C32H28F3N5O3. The summed E-state index contributed by atoms with van der Waals surface area (Å²) in [6.45, 7) is 2.43. The highest BCUT2D eigenvalue weighted by atomic mass is 19.1. The van der Waals surface area contributed by atoms with Gasteiger partial charge in [0.1, 0.15) is 29.6 Å². The third-order valence-corrected chi connectivity index (χ3v) is 7.54. The molecule has 3 aromatic carbocycles. The first kappa shape index (κ1) is 28.2. The zero-order valence-corrected chi connectivity index (χ0v) is 23.2. The van der Waals surface area contributed by atoms with Crippen molar-refractivity contribution in [3.8, 4) is 22.5 Å². The fourth-order valence-corrected chi connectivity index (χ4v) is 5.42. The number of anilines is 1. The molecule has 3 heterocycles. The molecule has 220 valence electrons. The summed E-state index contributed by atoms with van der Waals surface area (Å²) < 4.78 is 48.2. The fourth-order valence-electron chi connectivity index (χ4n) is 5.42. The number of benzene rings is 3. The minimum atomic E-state index is -0.802. The van der Waals surface area contributed by atoms with E-state index in [1.807, 2.05) is 41.3 Å². The van der Waals surface area contributed by atoms with Gasteiger partial charge < -0.3 is 25.0 Å². The molecule has 1 amide bonds. The second kappa shape index (κ2) is 11.8. The third kappa shape index (κ3) is 5.89. The lowest BCUT2D eigenvalue weighted by molar-refractivity contribution is 0.116. The fraction of sp³-hybridized carbons (Fsp3) is 0.219. The molecule has 0 saturated carbocycles. The maximum atomic E-state index is 14.5. The monoisotopic (exact) mass is 587 g/mol. The van der Waals surface area contributed by atoms with Crippen LogP contribution in [-0.4, -0.2) is 51.9 Å². The van der Waals surface area contributed by atoms with Crippen molar-refractivity contribution in [1.29, 1.82) is 0 Å². The summed E-state index contributed by atoms with van der Waals surface area (Å²) in [5.74, 6) is -1.82. The van der Waals surface area contributed by atoms with E-state index in [4.69, 9.17) is 4.74 Å². The first-order valence-electron chi connectivity index (χ1n) is 13.7. The third-order valence-electron chi connectivity index (χ3n) is 7.54. The van der Waals surface area contributed by atoms with Crippen molar-refractivity contribution in [3.63, 3.8) is 0 Å². The minimum absolute atomic E-state index is 0.0191. The number of ether oxygens (including phenoxy) is 1. The number of H-pyrrole nitrogens is 1. The van der Waals surface area contributed by atoms with E-state index in [1.165, 1.54) is 12.1 Å². The van der Waals surface area contributed by atoms with Crippen LogP contribution >= 0.6 is 0 Å². The molecule has 1 aliphatic heterocycles. The Bertz CT molecular complexity index is 1770. The Labute approximate surface area is 245 Å². The van der Waals surface area contributed by atoms with E-state index in [9.17, 15) is 23.1 Å². The second-order valence-electron chi connectivity index (χ2n) is 10.6. The van der Waals surface area contributed by atoms with Gasteiger partial charge in [-0.25, -0.2) is 22.9 Å². The van der Waals surface area contributed by atoms with Crippen LogP contribution in [0.5, 0.6) is 0 Å². The lowest BCUT2D eigenvalue weighted by Crippen LogP contribution is -2.58. The molecule has 43 heavy (non-hydrogen) atoms. The van der Waals surface area contributed by atoms with E-state index in [2.05, 4.69) is 20.3 Å². The number of aliphatic hydroxyl groups excluding tert-OH is 1. The number of aliphatic hydroxyl groups is 1. The molecule has 0 spiro atoms. The van der Waals surface area contributed by atoms with Crippen molar-refractivity contribution < 1.29 is 27.8 Å². The Balaban J connectivity index is 1.29. The predicted molar refractivity (Wildman–Crippen MR) is 156 cm³/mol. The number of carbonyl (C=O) groups is 1. The summed E-state index contributed by atoms with van der Waals surface area (Å²) >= 11 is 0. The Morgan fingerprint density at radius 3 is 2.56 bits per heavy atom. The molecule has 1 aliphatic rings. The van der Waals surface area contributed by atoms with E-state index in [0.29, 0.717) is 41.0 Å². The number of halogens is 3. The number of pyridine rings is 1. The van der Waals surface area contributed by atoms with Gasteiger partial charge in [-0.2, -0.15) is 0 Å². The van der Waals surface area contributed by atoms with E-state index in [0.717, 1.165) is 17.7 Å². The first-order chi connectivity index (χ1) is 20.8. The number of imidazole rings is 1. The van der Waals surface area contributed by atoms with E-state index in [-0.39, 0.29) is 36.0 Å². The highest BCUT2D eigenvalue weighted by molar-refractivity contribution is 5.91.